The van der Waals surface area contributed by atoms with Gasteiger partial charge in [-0.15, -0.1) is 0 Å². The topological polar surface area (TPSA) is 43.4 Å². The number of fused-ring (bicyclic) bond motifs is 1. The molecule has 0 bridgehead atoms. The molecule has 3 rings (SSSR count). The summed E-state index contributed by atoms with van der Waals surface area (Å²) in [5.74, 6) is -1.54. The van der Waals surface area contributed by atoms with Crippen LogP contribution in [0.25, 0.3) is 21.9 Å². The molecule has 0 aliphatic heterocycles. The number of halogens is 2. The Hall–Kier alpha value is -2.36. The van der Waals surface area contributed by atoms with E-state index in [9.17, 15) is 9.59 Å². The maximum Gasteiger partial charge on any atom is 0.379 e. The van der Waals surface area contributed by atoms with Crippen LogP contribution >= 0.6 is 23.2 Å². The molecule has 3 aromatic rings. The highest BCUT2D eigenvalue weighted by Gasteiger charge is 2.25. The van der Waals surface area contributed by atoms with E-state index in [1.807, 2.05) is 24.3 Å². The number of carbonyl (C=O) groups is 2. The Morgan fingerprint density at radius 1 is 0.962 bits per heavy atom. The molecule has 3 aromatic carbocycles. The van der Waals surface area contributed by atoms with E-state index < -0.39 is 11.8 Å². The quantitative estimate of drug-likeness (QED) is 0.320. The second kappa shape index (κ2) is 7.48. The molecule has 0 saturated carbocycles. The molecule has 0 radical (unpaired) electrons. The summed E-state index contributed by atoms with van der Waals surface area (Å²) < 4.78 is 4.92. The minimum absolute atomic E-state index is 0.138. The number of carbonyl (C=O) groups excluding carboxylic acids is 2. The van der Waals surface area contributed by atoms with Crippen LogP contribution in [0.1, 0.15) is 22.8 Å². The first-order valence-electron chi connectivity index (χ1n) is 8.12. The molecule has 0 aliphatic rings. The highest BCUT2D eigenvalue weighted by Crippen LogP contribution is 2.36. The summed E-state index contributed by atoms with van der Waals surface area (Å²) in [4.78, 5) is 24.9. The molecule has 0 unspecified atom stereocenters. The van der Waals surface area contributed by atoms with Crippen LogP contribution in [-0.2, 0) is 9.53 Å². The van der Waals surface area contributed by atoms with Gasteiger partial charge < -0.3 is 4.74 Å². The number of hydrogen-bond donors (Lipinski definition) is 0. The van der Waals surface area contributed by atoms with Gasteiger partial charge in [-0.05, 0) is 60.0 Å². The van der Waals surface area contributed by atoms with Crippen LogP contribution in [0, 0.1) is 6.92 Å². The fraction of sp³-hybridized carbons (Fsp3) is 0.143. The highest BCUT2D eigenvalue weighted by molar-refractivity contribution is 6.43. The zero-order chi connectivity index (χ0) is 18.8. The monoisotopic (exact) mass is 386 g/mol. The first-order valence-corrected chi connectivity index (χ1v) is 8.88. The van der Waals surface area contributed by atoms with E-state index >= 15 is 0 Å². The maximum absolute atomic E-state index is 12.8. The van der Waals surface area contributed by atoms with Crippen LogP contribution in [-0.4, -0.2) is 18.4 Å². The predicted octanol–water partition coefficient (Wildman–Crippen LogP) is 5.87. The van der Waals surface area contributed by atoms with Gasteiger partial charge in [-0.1, -0.05) is 47.5 Å². The van der Waals surface area contributed by atoms with Crippen molar-refractivity contribution in [3.8, 4) is 11.1 Å². The van der Waals surface area contributed by atoms with Gasteiger partial charge in [0, 0.05) is 21.2 Å². The van der Waals surface area contributed by atoms with Crippen molar-refractivity contribution >= 4 is 45.7 Å². The molecule has 0 amide bonds. The molecule has 3 nitrogen and oxygen atoms in total. The second-order valence-electron chi connectivity index (χ2n) is 5.87. The van der Waals surface area contributed by atoms with Crippen molar-refractivity contribution in [3.63, 3.8) is 0 Å². The largest absolute Gasteiger partial charge is 0.460 e. The molecule has 0 aliphatic carbocycles. The third-order valence-corrected chi connectivity index (χ3v) is 4.61. The summed E-state index contributed by atoms with van der Waals surface area (Å²) in [6, 6.07) is 14.5. The summed E-state index contributed by atoms with van der Waals surface area (Å²) in [5.41, 5.74) is 2.44. The van der Waals surface area contributed by atoms with Crippen LogP contribution in [0.15, 0.2) is 48.5 Å². The van der Waals surface area contributed by atoms with E-state index in [0.717, 1.165) is 16.3 Å². The Bertz CT molecular complexity index is 1010. The lowest BCUT2D eigenvalue weighted by Gasteiger charge is -2.16. The zero-order valence-corrected chi connectivity index (χ0v) is 15.8. The number of esters is 1. The lowest BCUT2D eigenvalue weighted by Crippen LogP contribution is -2.19. The smallest absolute Gasteiger partial charge is 0.379 e. The van der Waals surface area contributed by atoms with E-state index in [0.29, 0.717) is 26.7 Å². The number of ketones is 1. The second-order valence-corrected chi connectivity index (χ2v) is 6.74. The molecule has 0 fully saturated rings. The first kappa shape index (κ1) is 18.4. The molecular formula is C21H16Cl2O3. The Labute approximate surface area is 161 Å². The van der Waals surface area contributed by atoms with Gasteiger partial charge in [0.1, 0.15) is 0 Å². The van der Waals surface area contributed by atoms with Gasteiger partial charge >= 0.3 is 5.97 Å². The molecule has 0 saturated heterocycles. The van der Waals surface area contributed by atoms with Crippen LogP contribution in [0.3, 0.4) is 0 Å². The standard InChI is InChI=1S/C21H16Cl2O3/c1-3-26-21(25)20(24)18-12(2)10-14-6-9-16(23)11-17(14)19(18)13-4-7-15(22)8-5-13/h4-11H,3H2,1-2H3. The van der Waals surface area contributed by atoms with Crippen molar-refractivity contribution in [1.29, 1.82) is 0 Å². The van der Waals surface area contributed by atoms with E-state index in [1.165, 1.54) is 0 Å². The van der Waals surface area contributed by atoms with Gasteiger partial charge in [-0.3, -0.25) is 4.79 Å². The molecule has 26 heavy (non-hydrogen) atoms. The molecule has 132 valence electrons. The molecular weight excluding hydrogens is 371 g/mol. The van der Waals surface area contributed by atoms with Gasteiger partial charge in [-0.2, -0.15) is 0 Å². The SMILES string of the molecule is CCOC(=O)C(=O)c1c(C)cc2ccc(Cl)cc2c1-c1ccc(Cl)cc1. The van der Waals surface area contributed by atoms with Crippen molar-refractivity contribution in [2.24, 2.45) is 0 Å². The highest BCUT2D eigenvalue weighted by atomic mass is 35.5. The third-order valence-electron chi connectivity index (χ3n) is 4.12. The molecule has 0 spiro atoms. The molecule has 0 N–H and O–H groups in total. The van der Waals surface area contributed by atoms with Crippen molar-refractivity contribution in [3.05, 3.63) is 69.7 Å². The van der Waals surface area contributed by atoms with E-state index in [2.05, 4.69) is 0 Å². The number of rotatable bonds is 4. The Kier molecular flexibility index (Phi) is 5.30. The fourth-order valence-electron chi connectivity index (χ4n) is 3.02. The minimum Gasteiger partial charge on any atom is -0.460 e. The number of hydrogen-bond acceptors (Lipinski definition) is 3. The van der Waals surface area contributed by atoms with E-state index in [4.69, 9.17) is 27.9 Å². The predicted molar refractivity (Wildman–Crippen MR) is 105 cm³/mol. The molecule has 0 atom stereocenters. The van der Waals surface area contributed by atoms with E-state index in [1.54, 1.807) is 38.1 Å². The number of Topliss-reactive ketones (excluding diaryl/α,β-unsaturated/α-hetero) is 1. The van der Waals surface area contributed by atoms with Crippen molar-refractivity contribution in [2.45, 2.75) is 13.8 Å². The Morgan fingerprint density at radius 3 is 2.27 bits per heavy atom. The van der Waals surface area contributed by atoms with Gasteiger partial charge in [-0.25, -0.2) is 4.79 Å². The molecule has 0 heterocycles. The van der Waals surface area contributed by atoms with Crippen LogP contribution in [0.4, 0.5) is 0 Å². The van der Waals surface area contributed by atoms with Crippen molar-refractivity contribution in [2.75, 3.05) is 6.61 Å². The normalized spacial score (nSPS) is 10.8. The van der Waals surface area contributed by atoms with Gasteiger partial charge in [0.2, 0.25) is 0 Å². The number of aryl methyl sites for hydroxylation is 1. The first-order chi connectivity index (χ1) is 12.4. The average molecular weight is 387 g/mol. The zero-order valence-electron chi connectivity index (χ0n) is 14.3. The Balaban J connectivity index is 2.37. The molecule has 0 aromatic heterocycles. The van der Waals surface area contributed by atoms with Gasteiger partial charge in [0.25, 0.3) is 5.78 Å². The summed E-state index contributed by atoms with van der Waals surface area (Å²) in [6.45, 7) is 3.61. The summed E-state index contributed by atoms with van der Waals surface area (Å²) >= 11 is 12.2. The lowest BCUT2D eigenvalue weighted by atomic mass is 9.88. The minimum atomic E-state index is -0.868. The molecule has 5 heteroatoms. The average Bonchev–Trinajstić information content (AvgIpc) is 2.61. The summed E-state index contributed by atoms with van der Waals surface area (Å²) in [7, 11) is 0. The third kappa shape index (κ3) is 3.46. The number of ether oxygens (including phenoxy) is 1. The Morgan fingerprint density at radius 2 is 1.62 bits per heavy atom. The summed E-state index contributed by atoms with van der Waals surface area (Å²) in [6.07, 6.45) is 0. The van der Waals surface area contributed by atoms with Crippen LogP contribution < -0.4 is 0 Å². The van der Waals surface area contributed by atoms with Crippen LogP contribution in [0.5, 0.6) is 0 Å². The maximum atomic E-state index is 12.8. The van der Waals surface area contributed by atoms with Crippen molar-refractivity contribution in [1.82, 2.24) is 0 Å². The lowest BCUT2D eigenvalue weighted by molar-refractivity contribution is -0.137. The van der Waals surface area contributed by atoms with Gasteiger partial charge in [0.15, 0.2) is 0 Å². The van der Waals surface area contributed by atoms with Crippen molar-refractivity contribution < 1.29 is 14.3 Å². The van der Waals surface area contributed by atoms with E-state index in [-0.39, 0.29) is 6.61 Å². The summed E-state index contributed by atoms with van der Waals surface area (Å²) in [5, 5.41) is 2.85. The fourth-order valence-corrected chi connectivity index (χ4v) is 3.31. The van der Waals surface area contributed by atoms with Gasteiger partial charge in [0.05, 0.1) is 6.61 Å². The number of benzene rings is 3. The van der Waals surface area contributed by atoms with Crippen LogP contribution in [0.2, 0.25) is 10.0 Å².